The van der Waals surface area contributed by atoms with E-state index >= 15 is 0 Å². The van der Waals surface area contributed by atoms with E-state index in [1.165, 1.54) is 4.90 Å². The number of carbonyl (C=O) groups excluding carboxylic acids is 2. The van der Waals surface area contributed by atoms with Crippen LogP contribution in [0.3, 0.4) is 0 Å². The molecule has 7 heteroatoms. The van der Waals surface area contributed by atoms with Crippen LogP contribution in [0.25, 0.3) is 6.08 Å². The third-order valence-electron chi connectivity index (χ3n) is 3.85. The molecule has 3 rings (SSSR count). The number of nitrogens with zero attached hydrogens (tertiary/aromatic N) is 1. The van der Waals surface area contributed by atoms with Gasteiger partial charge in [-0.3, -0.25) is 14.5 Å². The second-order valence-electron chi connectivity index (χ2n) is 5.50. The summed E-state index contributed by atoms with van der Waals surface area (Å²) >= 11 is 3.15. The molecule has 26 heavy (non-hydrogen) atoms. The van der Waals surface area contributed by atoms with Crippen molar-refractivity contribution in [3.8, 4) is 11.5 Å². The van der Waals surface area contributed by atoms with Crippen LogP contribution in [0.4, 0.5) is 4.79 Å². The summed E-state index contributed by atoms with van der Waals surface area (Å²) in [4.78, 5) is 26.6. The molecule has 2 aromatic carbocycles. The monoisotopic (exact) mass is 481 g/mol. The number of hydrogen-bond donors (Lipinski definition) is 0. The predicted molar refractivity (Wildman–Crippen MR) is 110 cm³/mol. The Bertz CT molecular complexity index is 880. The van der Waals surface area contributed by atoms with E-state index in [0.717, 1.165) is 20.9 Å². The van der Waals surface area contributed by atoms with E-state index < -0.39 is 0 Å². The Balaban J connectivity index is 1.84. The molecule has 2 amide bonds. The molecule has 0 radical (unpaired) electrons. The first-order chi connectivity index (χ1) is 12.5. The molecule has 1 heterocycles. The SMILES string of the molecule is COc1ccc(/C=C2\SC(=O)N(Cc3ccc(I)cc3)C2=O)c(OC)c1. The Hall–Kier alpha value is -2.00. The van der Waals surface area contributed by atoms with Gasteiger partial charge in [-0.05, 0) is 70.3 Å². The van der Waals surface area contributed by atoms with Crippen molar-refractivity contribution >= 4 is 51.6 Å². The standard InChI is InChI=1S/C19H16INO4S/c1-24-15-8-5-13(16(10-15)25-2)9-17-18(22)21(19(23)26-17)11-12-3-6-14(20)7-4-12/h3-10H,11H2,1-2H3/b17-9-. The summed E-state index contributed by atoms with van der Waals surface area (Å²) in [6.07, 6.45) is 1.68. The molecule has 0 unspecified atom stereocenters. The summed E-state index contributed by atoms with van der Waals surface area (Å²) in [7, 11) is 3.12. The summed E-state index contributed by atoms with van der Waals surface area (Å²) in [6, 6.07) is 13.1. The van der Waals surface area contributed by atoms with Crippen molar-refractivity contribution in [1.82, 2.24) is 4.90 Å². The number of carbonyl (C=O) groups is 2. The van der Waals surface area contributed by atoms with Crippen LogP contribution in [0.15, 0.2) is 47.4 Å². The molecule has 0 aromatic heterocycles. The van der Waals surface area contributed by atoms with Crippen LogP contribution >= 0.6 is 34.4 Å². The lowest BCUT2D eigenvalue weighted by Gasteiger charge is -2.12. The van der Waals surface area contributed by atoms with Crippen LogP contribution in [0.5, 0.6) is 11.5 Å². The number of rotatable bonds is 5. The molecule has 0 bridgehead atoms. The van der Waals surface area contributed by atoms with E-state index in [4.69, 9.17) is 9.47 Å². The number of amides is 2. The first-order valence-electron chi connectivity index (χ1n) is 7.73. The zero-order valence-electron chi connectivity index (χ0n) is 14.2. The van der Waals surface area contributed by atoms with Gasteiger partial charge in [-0.15, -0.1) is 0 Å². The quantitative estimate of drug-likeness (QED) is 0.464. The normalized spacial score (nSPS) is 15.7. The van der Waals surface area contributed by atoms with E-state index in [1.54, 1.807) is 38.5 Å². The molecular formula is C19H16INO4S. The van der Waals surface area contributed by atoms with Gasteiger partial charge >= 0.3 is 0 Å². The van der Waals surface area contributed by atoms with Gasteiger partial charge in [0.05, 0.1) is 25.7 Å². The number of imide groups is 1. The van der Waals surface area contributed by atoms with Crippen molar-refractivity contribution in [1.29, 1.82) is 0 Å². The lowest BCUT2D eigenvalue weighted by Crippen LogP contribution is -2.27. The van der Waals surface area contributed by atoms with E-state index in [1.807, 2.05) is 24.3 Å². The first kappa shape index (κ1) is 18.8. The maximum Gasteiger partial charge on any atom is 0.293 e. The fourth-order valence-electron chi connectivity index (χ4n) is 2.49. The van der Waals surface area contributed by atoms with Crippen molar-refractivity contribution in [2.24, 2.45) is 0 Å². The molecule has 0 saturated carbocycles. The minimum atomic E-state index is -0.295. The third kappa shape index (κ3) is 4.04. The van der Waals surface area contributed by atoms with Gasteiger partial charge in [-0.1, -0.05) is 12.1 Å². The average Bonchev–Trinajstić information content (AvgIpc) is 2.91. The van der Waals surface area contributed by atoms with Crippen LogP contribution < -0.4 is 9.47 Å². The number of benzene rings is 2. The second-order valence-corrected chi connectivity index (χ2v) is 7.74. The molecular weight excluding hydrogens is 465 g/mol. The molecule has 134 valence electrons. The van der Waals surface area contributed by atoms with Gasteiger partial charge in [0.1, 0.15) is 11.5 Å². The van der Waals surface area contributed by atoms with Gasteiger partial charge < -0.3 is 9.47 Å². The van der Waals surface area contributed by atoms with Crippen LogP contribution in [-0.2, 0) is 11.3 Å². The highest BCUT2D eigenvalue weighted by Crippen LogP contribution is 2.35. The fraction of sp³-hybridized carbons (Fsp3) is 0.158. The molecule has 0 aliphatic carbocycles. The van der Waals surface area contributed by atoms with Crippen molar-refractivity contribution < 1.29 is 19.1 Å². The molecule has 2 aromatic rings. The minimum Gasteiger partial charge on any atom is -0.497 e. The molecule has 0 N–H and O–H groups in total. The van der Waals surface area contributed by atoms with Gasteiger partial charge in [-0.2, -0.15) is 0 Å². The fourth-order valence-corrected chi connectivity index (χ4v) is 3.68. The van der Waals surface area contributed by atoms with Crippen LogP contribution in [0, 0.1) is 3.57 Å². The highest BCUT2D eigenvalue weighted by molar-refractivity contribution is 14.1. The zero-order valence-corrected chi connectivity index (χ0v) is 17.2. The van der Waals surface area contributed by atoms with Crippen molar-refractivity contribution in [3.63, 3.8) is 0 Å². The third-order valence-corrected chi connectivity index (χ3v) is 5.48. The molecule has 1 saturated heterocycles. The van der Waals surface area contributed by atoms with Gasteiger partial charge in [0.25, 0.3) is 11.1 Å². The molecule has 0 atom stereocenters. The number of halogens is 1. The van der Waals surface area contributed by atoms with E-state index in [-0.39, 0.29) is 17.7 Å². The number of thioether (sulfide) groups is 1. The van der Waals surface area contributed by atoms with Crippen LogP contribution in [0.2, 0.25) is 0 Å². The minimum absolute atomic E-state index is 0.263. The molecule has 1 aliphatic rings. The number of methoxy groups -OCH3 is 2. The lowest BCUT2D eigenvalue weighted by molar-refractivity contribution is -0.123. The van der Waals surface area contributed by atoms with E-state index in [0.29, 0.717) is 22.0 Å². The van der Waals surface area contributed by atoms with Crippen molar-refractivity contribution in [3.05, 3.63) is 62.1 Å². The maximum absolute atomic E-state index is 12.7. The highest BCUT2D eigenvalue weighted by Gasteiger charge is 2.35. The van der Waals surface area contributed by atoms with Gasteiger partial charge in [0, 0.05) is 15.2 Å². The molecule has 0 spiro atoms. The molecule has 1 fully saturated rings. The Kier molecular flexibility index (Phi) is 5.87. The topological polar surface area (TPSA) is 55.8 Å². The van der Waals surface area contributed by atoms with Crippen molar-refractivity contribution in [2.75, 3.05) is 14.2 Å². The van der Waals surface area contributed by atoms with Crippen LogP contribution in [-0.4, -0.2) is 30.3 Å². The number of hydrogen-bond acceptors (Lipinski definition) is 5. The first-order valence-corrected chi connectivity index (χ1v) is 9.63. The van der Waals surface area contributed by atoms with E-state index in [2.05, 4.69) is 22.6 Å². The lowest BCUT2D eigenvalue weighted by atomic mass is 10.1. The zero-order chi connectivity index (χ0) is 18.7. The summed E-state index contributed by atoms with van der Waals surface area (Å²) in [6.45, 7) is 0.263. The Morgan fingerprint density at radius 2 is 1.81 bits per heavy atom. The Labute approximate surface area is 169 Å². The molecule has 5 nitrogen and oxygen atoms in total. The van der Waals surface area contributed by atoms with Gasteiger partial charge in [-0.25, -0.2) is 0 Å². The Morgan fingerprint density at radius 1 is 1.08 bits per heavy atom. The summed E-state index contributed by atoms with van der Waals surface area (Å²) in [5.74, 6) is 0.941. The van der Waals surface area contributed by atoms with E-state index in [9.17, 15) is 9.59 Å². The Morgan fingerprint density at radius 3 is 2.46 bits per heavy atom. The predicted octanol–water partition coefficient (Wildman–Crippen LogP) is 4.54. The highest BCUT2D eigenvalue weighted by atomic mass is 127. The number of ether oxygens (including phenoxy) is 2. The van der Waals surface area contributed by atoms with Gasteiger partial charge in [0.2, 0.25) is 0 Å². The average molecular weight is 481 g/mol. The summed E-state index contributed by atoms with van der Waals surface area (Å²) in [5, 5.41) is -0.271. The summed E-state index contributed by atoms with van der Waals surface area (Å²) < 4.78 is 11.6. The van der Waals surface area contributed by atoms with Crippen molar-refractivity contribution in [2.45, 2.75) is 6.54 Å². The second kappa shape index (κ2) is 8.13. The van der Waals surface area contributed by atoms with Gasteiger partial charge in [0.15, 0.2) is 0 Å². The molecule has 1 aliphatic heterocycles. The smallest absolute Gasteiger partial charge is 0.293 e. The maximum atomic E-state index is 12.7. The largest absolute Gasteiger partial charge is 0.497 e. The van der Waals surface area contributed by atoms with Crippen LogP contribution in [0.1, 0.15) is 11.1 Å². The summed E-state index contributed by atoms with van der Waals surface area (Å²) in [5.41, 5.74) is 1.63.